The third kappa shape index (κ3) is 6.48. The van der Waals surface area contributed by atoms with E-state index in [0.717, 1.165) is 24.2 Å². The van der Waals surface area contributed by atoms with Crippen molar-refractivity contribution in [3.63, 3.8) is 0 Å². The van der Waals surface area contributed by atoms with E-state index in [1.54, 1.807) is 24.3 Å². The summed E-state index contributed by atoms with van der Waals surface area (Å²) < 4.78 is 17.3. The first-order chi connectivity index (χ1) is 21.3. The van der Waals surface area contributed by atoms with Crippen LogP contribution in [0.2, 0.25) is 5.02 Å². The zero-order valence-corrected chi connectivity index (χ0v) is 28.0. The smallest absolute Gasteiger partial charge is 0.262 e. The molecule has 0 saturated heterocycles. The minimum absolute atomic E-state index is 0.0521. The second-order valence-electron chi connectivity index (χ2n) is 13.6. The Balaban J connectivity index is 1.56. The first kappa shape index (κ1) is 32.6. The Morgan fingerprint density at radius 3 is 2.07 bits per heavy atom. The number of allylic oxidation sites excluding steroid dienone is 4. The van der Waals surface area contributed by atoms with Gasteiger partial charge in [0, 0.05) is 47.8 Å². The predicted molar refractivity (Wildman–Crippen MR) is 175 cm³/mol. The number of ether oxygens (including phenoxy) is 3. The first-order valence-electron chi connectivity index (χ1n) is 15.6. The van der Waals surface area contributed by atoms with E-state index in [-0.39, 0.29) is 39.8 Å². The molecule has 1 amide bonds. The summed E-state index contributed by atoms with van der Waals surface area (Å²) >= 11 is 6.88. The molecule has 240 valence electrons. The van der Waals surface area contributed by atoms with Crippen LogP contribution in [0.5, 0.6) is 17.2 Å². The lowest BCUT2D eigenvalue weighted by Gasteiger charge is -2.49. The molecule has 3 aliphatic rings. The molecule has 0 radical (unpaired) electrons. The van der Waals surface area contributed by atoms with Crippen LogP contribution < -0.4 is 19.5 Å². The minimum atomic E-state index is -0.565. The van der Waals surface area contributed by atoms with Gasteiger partial charge in [-0.25, -0.2) is 0 Å². The van der Waals surface area contributed by atoms with E-state index in [1.165, 1.54) is 7.11 Å². The summed E-state index contributed by atoms with van der Waals surface area (Å²) in [6.07, 6.45) is 2.27. The van der Waals surface area contributed by atoms with Crippen molar-refractivity contribution in [3.05, 3.63) is 69.5 Å². The number of para-hydroxylation sites is 2. The van der Waals surface area contributed by atoms with Crippen LogP contribution in [-0.2, 0) is 14.4 Å². The number of methoxy groups -OCH3 is 1. The number of hydrogen-bond acceptors (Lipinski definition) is 7. The maximum atomic E-state index is 14.0. The molecule has 0 spiro atoms. The van der Waals surface area contributed by atoms with E-state index < -0.39 is 11.8 Å². The SMILES string of the molecule is CCOc1cc(C2C3=C(CC(C)(C)CC3=O)N(CC)C3=C2C(=O)CC(C)(C)C3)cc(Cl)c1OCC(=O)Nc1ccccc1OC. The van der Waals surface area contributed by atoms with Crippen LogP contribution in [0.25, 0.3) is 0 Å². The number of carbonyl (C=O) groups excluding carboxylic acids is 3. The Hall–Kier alpha value is -3.78. The van der Waals surface area contributed by atoms with E-state index in [0.29, 0.717) is 59.9 Å². The number of rotatable bonds is 9. The minimum Gasteiger partial charge on any atom is -0.495 e. The maximum Gasteiger partial charge on any atom is 0.262 e. The molecule has 45 heavy (non-hydrogen) atoms. The van der Waals surface area contributed by atoms with Gasteiger partial charge in [-0.15, -0.1) is 0 Å². The fourth-order valence-electron chi connectivity index (χ4n) is 6.99. The number of nitrogens with one attached hydrogen (secondary N) is 1. The second kappa shape index (κ2) is 12.5. The number of halogens is 1. The summed E-state index contributed by atoms with van der Waals surface area (Å²) in [6.45, 7) is 13.1. The van der Waals surface area contributed by atoms with Crippen molar-refractivity contribution in [2.24, 2.45) is 10.8 Å². The first-order valence-corrected chi connectivity index (χ1v) is 16.0. The lowest BCUT2D eigenvalue weighted by molar-refractivity contribution is -0.120. The summed E-state index contributed by atoms with van der Waals surface area (Å²) in [6, 6.07) is 10.7. The average molecular weight is 635 g/mol. The number of Topliss-reactive ketones (excluding diaryl/α,β-unsaturated/α-hetero) is 2. The monoisotopic (exact) mass is 634 g/mol. The van der Waals surface area contributed by atoms with Crippen molar-refractivity contribution in [2.75, 3.05) is 32.2 Å². The van der Waals surface area contributed by atoms with Crippen LogP contribution >= 0.6 is 11.6 Å². The fraction of sp³-hybridized carbons (Fsp3) is 0.472. The standard InChI is InChI=1S/C36H43ClN2O6/c1-8-39-24-16-35(3,4)18-26(40)32(24)31(33-25(39)17-36(5,6)19-27(33)41)21-14-22(37)34(29(15-21)44-9-2)45-20-30(42)38-23-12-10-11-13-28(23)43-7/h10-15,31H,8-9,16-20H2,1-7H3,(H,38,42). The van der Waals surface area contributed by atoms with Crippen LogP contribution in [0, 0.1) is 10.8 Å². The third-order valence-corrected chi connectivity index (χ3v) is 9.01. The van der Waals surface area contributed by atoms with Gasteiger partial charge in [0.15, 0.2) is 29.7 Å². The second-order valence-corrected chi connectivity index (χ2v) is 14.0. The number of amides is 1. The molecule has 5 rings (SSSR count). The maximum absolute atomic E-state index is 14.0. The van der Waals surface area contributed by atoms with Crippen molar-refractivity contribution in [1.82, 2.24) is 4.90 Å². The van der Waals surface area contributed by atoms with E-state index in [1.807, 2.05) is 19.1 Å². The van der Waals surface area contributed by atoms with E-state index in [9.17, 15) is 14.4 Å². The number of nitrogens with zero attached hydrogens (tertiary/aromatic N) is 1. The number of carbonyl (C=O) groups is 3. The summed E-state index contributed by atoms with van der Waals surface area (Å²) in [7, 11) is 1.53. The molecule has 1 aliphatic heterocycles. The van der Waals surface area contributed by atoms with Gasteiger partial charge < -0.3 is 24.4 Å². The van der Waals surface area contributed by atoms with Gasteiger partial charge in [0.25, 0.3) is 5.91 Å². The van der Waals surface area contributed by atoms with E-state index >= 15 is 0 Å². The molecule has 1 N–H and O–H groups in total. The highest BCUT2D eigenvalue weighted by atomic mass is 35.5. The van der Waals surface area contributed by atoms with Crippen LogP contribution in [0.1, 0.15) is 78.7 Å². The highest BCUT2D eigenvalue weighted by Crippen LogP contribution is 2.55. The molecule has 0 atom stereocenters. The molecule has 2 aliphatic carbocycles. The average Bonchev–Trinajstić information content (AvgIpc) is 2.94. The largest absolute Gasteiger partial charge is 0.495 e. The molecular formula is C36H43ClN2O6. The van der Waals surface area contributed by atoms with Crippen molar-refractivity contribution in [1.29, 1.82) is 0 Å². The summed E-state index contributed by atoms with van der Waals surface area (Å²) in [5, 5.41) is 3.03. The number of benzene rings is 2. The van der Waals surface area contributed by atoms with Crippen molar-refractivity contribution < 1.29 is 28.6 Å². The summed E-state index contributed by atoms with van der Waals surface area (Å²) in [4.78, 5) is 43.0. The van der Waals surface area contributed by atoms with Gasteiger partial charge in [0.05, 0.1) is 24.4 Å². The summed E-state index contributed by atoms with van der Waals surface area (Å²) in [5.74, 6) is 0.237. The number of ketones is 2. The highest BCUT2D eigenvalue weighted by molar-refractivity contribution is 6.32. The zero-order chi connectivity index (χ0) is 32.7. The fourth-order valence-corrected chi connectivity index (χ4v) is 7.27. The molecule has 2 aromatic rings. The molecule has 1 heterocycles. The van der Waals surface area contributed by atoms with Crippen molar-refractivity contribution >= 4 is 34.8 Å². The van der Waals surface area contributed by atoms with Gasteiger partial charge in [0.1, 0.15) is 5.75 Å². The topological polar surface area (TPSA) is 94.2 Å². The molecule has 0 unspecified atom stereocenters. The Bertz CT molecular complexity index is 1550. The third-order valence-electron chi connectivity index (χ3n) is 8.73. The lowest BCUT2D eigenvalue weighted by Crippen LogP contribution is -2.44. The van der Waals surface area contributed by atoms with Gasteiger partial charge in [0.2, 0.25) is 0 Å². The van der Waals surface area contributed by atoms with Gasteiger partial charge >= 0.3 is 0 Å². The van der Waals surface area contributed by atoms with Gasteiger partial charge in [-0.05, 0) is 67.3 Å². The molecule has 8 nitrogen and oxygen atoms in total. The van der Waals surface area contributed by atoms with E-state index in [4.69, 9.17) is 25.8 Å². The van der Waals surface area contributed by atoms with Gasteiger partial charge in [-0.2, -0.15) is 0 Å². The highest BCUT2D eigenvalue weighted by Gasteiger charge is 2.48. The molecule has 0 aromatic heterocycles. The van der Waals surface area contributed by atoms with E-state index in [2.05, 4.69) is 44.8 Å². The molecule has 2 aromatic carbocycles. The molecule has 0 saturated carbocycles. The summed E-state index contributed by atoms with van der Waals surface area (Å²) in [5.41, 5.74) is 4.16. The van der Waals surface area contributed by atoms with Crippen LogP contribution in [0.3, 0.4) is 0 Å². The van der Waals surface area contributed by atoms with Crippen molar-refractivity contribution in [2.45, 2.75) is 73.1 Å². The van der Waals surface area contributed by atoms with Crippen LogP contribution in [0.4, 0.5) is 5.69 Å². The molecule has 9 heteroatoms. The Morgan fingerprint density at radius 1 is 0.911 bits per heavy atom. The zero-order valence-electron chi connectivity index (χ0n) is 27.3. The lowest BCUT2D eigenvalue weighted by atomic mass is 9.63. The number of anilines is 1. The van der Waals surface area contributed by atoms with Gasteiger partial charge in [-0.3, -0.25) is 14.4 Å². The molecular weight excluding hydrogens is 592 g/mol. The van der Waals surface area contributed by atoms with Crippen LogP contribution in [-0.4, -0.2) is 49.2 Å². The normalized spacial score (nSPS) is 19.2. The molecule has 0 fully saturated rings. The predicted octanol–water partition coefficient (Wildman–Crippen LogP) is 7.47. The Morgan fingerprint density at radius 2 is 1.51 bits per heavy atom. The quantitative estimate of drug-likeness (QED) is 0.306. The Kier molecular flexibility index (Phi) is 9.09. The van der Waals surface area contributed by atoms with Gasteiger partial charge in [-0.1, -0.05) is 51.4 Å². The Labute approximate surface area is 270 Å². The van der Waals surface area contributed by atoms with Crippen molar-refractivity contribution in [3.8, 4) is 17.2 Å². The van der Waals surface area contributed by atoms with Crippen LogP contribution in [0.15, 0.2) is 58.9 Å². The molecule has 0 bridgehead atoms. The number of hydrogen-bond donors (Lipinski definition) is 1.